The van der Waals surface area contributed by atoms with E-state index in [0.717, 1.165) is 20.2 Å². The van der Waals surface area contributed by atoms with Gasteiger partial charge < -0.3 is 11.0 Å². The van der Waals surface area contributed by atoms with Crippen LogP contribution in [0.25, 0.3) is 20.2 Å². The molecule has 36 heavy (non-hydrogen) atoms. The fourth-order valence-corrected chi connectivity index (χ4v) is 5.78. The summed E-state index contributed by atoms with van der Waals surface area (Å²) in [7, 11) is -6.14. The Balaban J connectivity index is -0.000000466. The molecule has 0 unspecified atom stereocenters. The van der Waals surface area contributed by atoms with Crippen LogP contribution in [-0.2, 0) is 38.9 Å². The van der Waals surface area contributed by atoms with E-state index in [1.807, 2.05) is 30.5 Å². The van der Waals surface area contributed by atoms with Gasteiger partial charge in [-0.1, -0.05) is 12.1 Å². The maximum absolute atomic E-state index is 11.3. The van der Waals surface area contributed by atoms with Gasteiger partial charge in [-0.2, -0.15) is 19.2 Å². The van der Waals surface area contributed by atoms with E-state index < -0.39 is 19.7 Å². The molecule has 15 heteroatoms. The van der Waals surface area contributed by atoms with Crippen molar-refractivity contribution in [1.29, 1.82) is 0 Å². The minimum atomic E-state index is -3.08. The van der Waals surface area contributed by atoms with Crippen LogP contribution in [0.5, 0.6) is 0 Å². The van der Waals surface area contributed by atoms with Crippen LogP contribution < -0.4 is 18.9 Å². The summed E-state index contributed by atoms with van der Waals surface area (Å²) in [6, 6.07) is 14.5. The van der Waals surface area contributed by atoms with Crippen LogP contribution in [0.1, 0.15) is 4.88 Å². The Hall–Kier alpha value is -2.46. The van der Waals surface area contributed by atoms with Gasteiger partial charge in [-0.05, 0) is 59.5 Å². The molecule has 0 bridgehead atoms. The second-order valence-corrected chi connectivity index (χ2v) is 12.7. The SMILES string of the molecule is CS(=O)(=O)c1ccc2ccsc2c1.Cc1cc2ccc(S(C)(=O)=O)cc2s1.O.O=C=O.O=C=O.[Li+].[OH-]. The molecule has 0 fully saturated rings. The van der Waals surface area contributed by atoms with Crippen molar-refractivity contribution in [1.82, 2.24) is 0 Å². The molecule has 3 N–H and O–H groups in total. The van der Waals surface area contributed by atoms with E-state index in [4.69, 9.17) is 19.2 Å². The maximum Gasteiger partial charge on any atom is 1.00 e. The predicted molar refractivity (Wildman–Crippen MR) is 130 cm³/mol. The van der Waals surface area contributed by atoms with Crippen molar-refractivity contribution >= 4 is 74.8 Å². The predicted octanol–water partition coefficient (Wildman–Crippen LogP) is -0.246. The standard InChI is InChI=1S/C10H10O2S2.C9H8O2S2.2CO2.Li.2H2O/c1-7-5-8-3-4-9(14(2,11)12)6-10(8)13-7;1-13(10,11)8-3-2-7-4-5-12-9(7)6-8;2*2-1-3;;;/h3-6H,1-2H3;2-6H,1H3;;;;2*1H2/q;;;;+1;;/p-1. The molecule has 0 saturated heterocycles. The Morgan fingerprint density at radius 2 is 1.11 bits per heavy atom. The van der Waals surface area contributed by atoms with Crippen molar-refractivity contribution in [2.45, 2.75) is 16.7 Å². The van der Waals surface area contributed by atoms with Crippen LogP contribution in [0.3, 0.4) is 0 Å². The van der Waals surface area contributed by atoms with Gasteiger partial charge in [-0.25, -0.2) is 16.8 Å². The zero-order valence-electron chi connectivity index (χ0n) is 19.5. The molecular formula is C21H21LiO10S4. The van der Waals surface area contributed by atoms with Gasteiger partial charge in [0.15, 0.2) is 19.7 Å². The van der Waals surface area contributed by atoms with E-state index in [9.17, 15) is 16.8 Å². The Morgan fingerprint density at radius 3 is 1.56 bits per heavy atom. The number of benzene rings is 2. The summed E-state index contributed by atoms with van der Waals surface area (Å²) >= 11 is 3.17. The fourth-order valence-electron chi connectivity index (χ4n) is 2.54. The second kappa shape index (κ2) is 17.1. The summed E-state index contributed by atoms with van der Waals surface area (Å²) in [5.41, 5.74) is 0. The largest absolute Gasteiger partial charge is 1.00 e. The van der Waals surface area contributed by atoms with Crippen LogP contribution in [0.15, 0.2) is 63.7 Å². The van der Waals surface area contributed by atoms with Crippen molar-refractivity contribution in [3.05, 3.63) is 58.8 Å². The van der Waals surface area contributed by atoms with E-state index in [1.54, 1.807) is 46.9 Å². The van der Waals surface area contributed by atoms with Gasteiger partial charge in [-0.3, -0.25) is 0 Å². The quantitative estimate of drug-likeness (QED) is 0.293. The van der Waals surface area contributed by atoms with Gasteiger partial charge in [0.05, 0.1) is 9.79 Å². The minimum Gasteiger partial charge on any atom is -0.870 e. The van der Waals surface area contributed by atoms with E-state index in [1.165, 1.54) is 17.4 Å². The third kappa shape index (κ3) is 12.0. The summed E-state index contributed by atoms with van der Waals surface area (Å²) in [6.45, 7) is 2.02. The van der Waals surface area contributed by atoms with Crippen molar-refractivity contribution in [3.63, 3.8) is 0 Å². The third-order valence-electron chi connectivity index (χ3n) is 3.90. The molecule has 0 radical (unpaired) electrons. The minimum absolute atomic E-state index is 0. The van der Waals surface area contributed by atoms with Crippen LogP contribution in [0, 0.1) is 6.92 Å². The number of fused-ring (bicyclic) bond motifs is 2. The third-order valence-corrected chi connectivity index (χ3v) is 8.01. The first-order valence-corrected chi connectivity index (χ1v) is 14.2. The molecule has 0 aliphatic carbocycles. The first kappa shape index (κ1) is 38.1. The van der Waals surface area contributed by atoms with Gasteiger partial charge in [-0.15, -0.1) is 22.7 Å². The van der Waals surface area contributed by atoms with Crippen molar-refractivity contribution in [3.8, 4) is 0 Å². The summed E-state index contributed by atoms with van der Waals surface area (Å²) in [5, 5.41) is 4.16. The fraction of sp³-hybridized carbons (Fsp3) is 0.143. The molecule has 190 valence electrons. The molecule has 2 aromatic carbocycles. The number of thiophene rings is 2. The first-order chi connectivity index (χ1) is 15.4. The van der Waals surface area contributed by atoms with E-state index >= 15 is 0 Å². The molecule has 0 aliphatic heterocycles. The molecule has 2 aromatic heterocycles. The maximum atomic E-state index is 11.3. The van der Waals surface area contributed by atoms with Gasteiger partial charge in [0.25, 0.3) is 0 Å². The van der Waals surface area contributed by atoms with Crippen LogP contribution in [0.4, 0.5) is 0 Å². The van der Waals surface area contributed by atoms with Crippen molar-refractivity contribution < 1.29 is 65.8 Å². The molecule has 0 aliphatic rings. The van der Waals surface area contributed by atoms with Crippen molar-refractivity contribution in [2.75, 3.05) is 12.5 Å². The number of hydrogen-bond donors (Lipinski definition) is 0. The first-order valence-electron chi connectivity index (χ1n) is 8.73. The Morgan fingerprint density at radius 1 is 0.694 bits per heavy atom. The zero-order valence-corrected chi connectivity index (χ0v) is 22.8. The second-order valence-electron chi connectivity index (χ2n) is 6.39. The van der Waals surface area contributed by atoms with Crippen LogP contribution in [-0.4, -0.2) is 52.6 Å². The summed E-state index contributed by atoms with van der Waals surface area (Å²) < 4.78 is 47.0. The van der Waals surface area contributed by atoms with Gasteiger partial charge >= 0.3 is 31.2 Å². The van der Waals surface area contributed by atoms with E-state index in [2.05, 4.69) is 6.07 Å². The molecule has 0 atom stereocenters. The summed E-state index contributed by atoms with van der Waals surface area (Å²) in [4.78, 5) is 34.5. The summed E-state index contributed by atoms with van der Waals surface area (Å²) in [6.07, 6.45) is 2.95. The molecular weight excluding hydrogens is 547 g/mol. The Bertz CT molecular complexity index is 1510. The topological polar surface area (TPSA) is 198 Å². The molecule has 0 amide bonds. The number of sulfone groups is 2. The summed E-state index contributed by atoms with van der Waals surface area (Å²) in [5.74, 6) is 0. The van der Waals surface area contributed by atoms with Gasteiger partial charge in [0.2, 0.25) is 0 Å². The Labute approximate surface area is 227 Å². The Kier molecular flexibility index (Phi) is 18.1. The van der Waals surface area contributed by atoms with Gasteiger partial charge in [0, 0.05) is 26.8 Å². The number of aryl methyl sites for hydroxylation is 1. The van der Waals surface area contributed by atoms with E-state index in [-0.39, 0.29) is 42.1 Å². The van der Waals surface area contributed by atoms with Gasteiger partial charge in [0.1, 0.15) is 0 Å². The molecule has 0 saturated carbocycles. The zero-order chi connectivity index (χ0) is 25.2. The monoisotopic (exact) mass is 568 g/mol. The number of rotatable bonds is 2. The van der Waals surface area contributed by atoms with Crippen LogP contribution in [0.2, 0.25) is 0 Å². The van der Waals surface area contributed by atoms with E-state index in [0.29, 0.717) is 9.79 Å². The average molecular weight is 569 g/mol. The number of hydrogen-bond acceptors (Lipinski definition) is 11. The molecule has 4 rings (SSSR count). The molecule has 0 spiro atoms. The van der Waals surface area contributed by atoms with Crippen molar-refractivity contribution in [2.24, 2.45) is 0 Å². The smallest absolute Gasteiger partial charge is 0.870 e. The molecule has 10 nitrogen and oxygen atoms in total. The molecule has 2 heterocycles. The molecule has 4 aromatic rings. The number of carbonyl (C=O) groups excluding carboxylic acids is 4. The van der Waals surface area contributed by atoms with Crippen LogP contribution >= 0.6 is 22.7 Å². The average Bonchev–Trinajstić information content (AvgIpc) is 3.32. The normalized spacial score (nSPS) is 9.53.